The fourth-order valence-corrected chi connectivity index (χ4v) is 6.02. The van der Waals surface area contributed by atoms with Gasteiger partial charge in [0.15, 0.2) is 11.6 Å². The molecular formula is C28H21F2N5O3S. The number of amides is 4. The number of benzene rings is 2. The van der Waals surface area contributed by atoms with Gasteiger partial charge in [-0.1, -0.05) is 30.8 Å². The maximum atomic E-state index is 14.5. The molecule has 0 bridgehead atoms. The van der Waals surface area contributed by atoms with Gasteiger partial charge in [0, 0.05) is 30.9 Å². The molecule has 2 N–H and O–H groups in total. The minimum atomic E-state index is -0.973. The molecule has 4 aromatic rings. The van der Waals surface area contributed by atoms with Crippen molar-refractivity contribution in [3.8, 4) is 11.1 Å². The Balaban J connectivity index is 1.35. The van der Waals surface area contributed by atoms with Gasteiger partial charge in [-0.05, 0) is 42.3 Å². The summed E-state index contributed by atoms with van der Waals surface area (Å²) in [5.41, 5.74) is 1.78. The number of halogens is 2. The molecule has 4 heterocycles. The molecule has 1 fully saturated rings. The highest BCUT2D eigenvalue weighted by Crippen LogP contribution is 2.46. The number of pyridine rings is 1. The topological polar surface area (TPSA) is 94.6 Å². The van der Waals surface area contributed by atoms with Crippen molar-refractivity contribution in [2.24, 2.45) is 0 Å². The standard InChI is InChI=1S/C28H21F2N5O3S/c1-2-21(36)34-12-10-16(14-34)32-26(37)25-24-22-20(9-11-31-27(22)39-25)35(28(38)33-24)17-6-3-5-15(13-17)18-7-4-8-19(29)23(18)30/h2-9,11,13,16H,1,10,12,14H2,(H,32,37)(H,33,38)/t16-/m1/s1. The van der Waals surface area contributed by atoms with E-state index in [-0.39, 0.29) is 23.4 Å². The molecule has 11 heteroatoms. The highest BCUT2D eigenvalue weighted by Gasteiger charge is 2.34. The first kappa shape index (κ1) is 24.7. The van der Waals surface area contributed by atoms with Crippen LogP contribution >= 0.6 is 11.3 Å². The molecule has 0 radical (unpaired) electrons. The normalized spacial score (nSPS) is 16.4. The first-order valence-electron chi connectivity index (χ1n) is 12.1. The molecular weight excluding hydrogens is 524 g/mol. The van der Waals surface area contributed by atoms with Gasteiger partial charge >= 0.3 is 6.03 Å². The number of anilines is 3. The van der Waals surface area contributed by atoms with Crippen LogP contribution in [0.1, 0.15) is 16.1 Å². The molecule has 0 aliphatic carbocycles. The van der Waals surface area contributed by atoms with Gasteiger partial charge in [-0.15, -0.1) is 11.3 Å². The van der Waals surface area contributed by atoms with E-state index in [9.17, 15) is 23.2 Å². The van der Waals surface area contributed by atoms with Crippen LogP contribution in [0.5, 0.6) is 0 Å². The molecule has 0 saturated carbocycles. The molecule has 196 valence electrons. The Morgan fingerprint density at radius 2 is 2.00 bits per heavy atom. The van der Waals surface area contributed by atoms with Gasteiger partial charge in [0.2, 0.25) is 5.91 Å². The lowest BCUT2D eigenvalue weighted by atomic mass is 10.0. The third-order valence-electron chi connectivity index (χ3n) is 6.83. The van der Waals surface area contributed by atoms with Crippen LogP contribution in [0.15, 0.2) is 67.4 Å². The summed E-state index contributed by atoms with van der Waals surface area (Å²) in [4.78, 5) is 46.9. The molecule has 2 aromatic carbocycles. The largest absolute Gasteiger partial charge is 0.347 e. The Bertz CT molecular complexity index is 1690. The number of rotatable bonds is 5. The number of carbonyl (C=O) groups excluding carboxylic acids is 3. The monoisotopic (exact) mass is 545 g/mol. The number of nitrogens with one attached hydrogen (secondary N) is 2. The Hall–Kier alpha value is -4.64. The molecule has 4 amide bonds. The average molecular weight is 546 g/mol. The molecule has 39 heavy (non-hydrogen) atoms. The maximum Gasteiger partial charge on any atom is 0.331 e. The zero-order valence-corrected chi connectivity index (χ0v) is 21.2. The lowest BCUT2D eigenvalue weighted by Crippen LogP contribution is -2.39. The third-order valence-corrected chi connectivity index (χ3v) is 7.93. The van der Waals surface area contributed by atoms with E-state index in [1.165, 1.54) is 23.1 Å². The van der Waals surface area contributed by atoms with Crippen molar-refractivity contribution < 1.29 is 23.2 Å². The maximum absolute atomic E-state index is 14.5. The summed E-state index contributed by atoms with van der Waals surface area (Å²) in [6.45, 7) is 4.40. The van der Waals surface area contributed by atoms with E-state index in [0.717, 1.165) is 17.4 Å². The average Bonchev–Trinajstić information content (AvgIpc) is 3.55. The van der Waals surface area contributed by atoms with Crippen molar-refractivity contribution in [2.45, 2.75) is 12.5 Å². The summed E-state index contributed by atoms with van der Waals surface area (Å²) < 4.78 is 28.3. The highest BCUT2D eigenvalue weighted by atomic mass is 32.1. The predicted molar refractivity (Wildman–Crippen MR) is 145 cm³/mol. The summed E-state index contributed by atoms with van der Waals surface area (Å²) in [7, 11) is 0. The van der Waals surface area contributed by atoms with Gasteiger partial charge in [-0.25, -0.2) is 18.6 Å². The summed E-state index contributed by atoms with van der Waals surface area (Å²) in [6, 6.07) is 11.5. The van der Waals surface area contributed by atoms with Crippen molar-refractivity contribution >= 4 is 56.5 Å². The van der Waals surface area contributed by atoms with E-state index >= 15 is 0 Å². The summed E-state index contributed by atoms with van der Waals surface area (Å²) in [5.74, 6) is -2.49. The molecule has 2 aliphatic rings. The van der Waals surface area contributed by atoms with Crippen LogP contribution in [-0.4, -0.2) is 46.9 Å². The Labute approximate surface area is 225 Å². The van der Waals surface area contributed by atoms with Crippen LogP contribution in [0.2, 0.25) is 0 Å². The zero-order valence-electron chi connectivity index (χ0n) is 20.4. The fourth-order valence-electron chi connectivity index (χ4n) is 5.00. The Morgan fingerprint density at radius 1 is 1.18 bits per heavy atom. The first-order chi connectivity index (χ1) is 18.9. The van der Waals surface area contributed by atoms with Gasteiger partial charge in [0.25, 0.3) is 5.91 Å². The van der Waals surface area contributed by atoms with Crippen LogP contribution in [0, 0.1) is 11.6 Å². The number of hydrogen-bond acceptors (Lipinski definition) is 5. The zero-order chi connectivity index (χ0) is 27.3. The van der Waals surface area contributed by atoms with Crippen LogP contribution < -0.4 is 15.5 Å². The number of likely N-dealkylation sites (tertiary alicyclic amines) is 1. The smallest absolute Gasteiger partial charge is 0.331 e. The lowest BCUT2D eigenvalue weighted by Gasteiger charge is -2.28. The van der Waals surface area contributed by atoms with Crippen LogP contribution in [0.3, 0.4) is 0 Å². The summed E-state index contributed by atoms with van der Waals surface area (Å²) >= 11 is 1.16. The lowest BCUT2D eigenvalue weighted by molar-refractivity contribution is -0.125. The SMILES string of the molecule is C=CC(=O)N1CC[C@@H](NC(=O)c2sc3nccc4c3c2NC(=O)N4c2cccc(-c3cccc(F)c3F)c2)C1. The second-order valence-corrected chi connectivity index (χ2v) is 10.2. The van der Waals surface area contributed by atoms with Crippen LogP contribution in [0.25, 0.3) is 21.3 Å². The van der Waals surface area contributed by atoms with Gasteiger partial charge in [0.05, 0.1) is 22.4 Å². The summed E-state index contributed by atoms with van der Waals surface area (Å²) in [5, 5.41) is 6.39. The third kappa shape index (κ3) is 4.20. The number of aromatic nitrogens is 1. The quantitative estimate of drug-likeness (QED) is 0.327. The molecule has 1 saturated heterocycles. The Kier molecular flexibility index (Phi) is 6.07. The number of nitrogens with zero attached hydrogens (tertiary/aromatic N) is 3. The van der Waals surface area contributed by atoms with Crippen molar-refractivity contribution in [1.82, 2.24) is 15.2 Å². The molecule has 8 nitrogen and oxygen atoms in total. The number of urea groups is 1. The minimum absolute atomic E-state index is 0.0737. The van der Waals surface area contributed by atoms with Gasteiger partial charge in [-0.2, -0.15) is 0 Å². The van der Waals surface area contributed by atoms with Crippen molar-refractivity contribution in [3.05, 3.63) is 83.9 Å². The molecule has 6 rings (SSSR count). The van der Waals surface area contributed by atoms with E-state index in [1.54, 1.807) is 41.4 Å². The van der Waals surface area contributed by atoms with Crippen LogP contribution in [-0.2, 0) is 4.79 Å². The van der Waals surface area contributed by atoms with Crippen molar-refractivity contribution in [1.29, 1.82) is 0 Å². The van der Waals surface area contributed by atoms with E-state index in [4.69, 9.17) is 0 Å². The second-order valence-electron chi connectivity index (χ2n) is 9.18. The van der Waals surface area contributed by atoms with Gasteiger partial charge in [-0.3, -0.25) is 14.5 Å². The number of thiophene rings is 1. The molecule has 0 unspecified atom stereocenters. The van der Waals surface area contributed by atoms with E-state index in [0.29, 0.717) is 57.2 Å². The minimum Gasteiger partial charge on any atom is -0.347 e. The molecule has 0 spiro atoms. The fraction of sp³-hybridized carbons (Fsp3) is 0.143. The number of hydrogen-bond donors (Lipinski definition) is 2. The highest BCUT2D eigenvalue weighted by molar-refractivity contribution is 7.21. The molecule has 2 aliphatic heterocycles. The van der Waals surface area contributed by atoms with Crippen LogP contribution in [0.4, 0.5) is 30.6 Å². The van der Waals surface area contributed by atoms with Crippen molar-refractivity contribution in [3.63, 3.8) is 0 Å². The molecule has 1 atom stereocenters. The van der Waals surface area contributed by atoms with E-state index in [1.807, 2.05) is 0 Å². The van der Waals surface area contributed by atoms with Gasteiger partial charge in [0.1, 0.15) is 9.71 Å². The van der Waals surface area contributed by atoms with E-state index in [2.05, 4.69) is 22.2 Å². The van der Waals surface area contributed by atoms with E-state index < -0.39 is 17.7 Å². The predicted octanol–water partition coefficient (Wildman–Crippen LogP) is 5.44. The summed E-state index contributed by atoms with van der Waals surface area (Å²) in [6.07, 6.45) is 3.41. The first-order valence-corrected chi connectivity index (χ1v) is 13.0. The molecule has 2 aromatic heterocycles. The van der Waals surface area contributed by atoms with Crippen molar-refractivity contribution in [2.75, 3.05) is 23.3 Å². The Morgan fingerprint density at radius 3 is 2.82 bits per heavy atom. The number of carbonyl (C=O) groups is 3. The second kappa shape index (κ2) is 9.59. The van der Waals surface area contributed by atoms with Gasteiger partial charge < -0.3 is 15.5 Å².